The fraction of sp³-hybridized carbons (Fsp3) is 0.440. The highest BCUT2D eigenvalue weighted by Crippen LogP contribution is 2.38. The van der Waals surface area contributed by atoms with Crippen LogP contribution >= 0.6 is 0 Å². The third-order valence-corrected chi connectivity index (χ3v) is 7.15. The molecule has 1 aromatic carbocycles. The predicted octanol–water partition coefficient (Wildman–Crippen LogP) is 4.72. The second-order valence-corrected chi connectivity index (χ2v) is 9.23. The minimum atomic E-state index is -1.05. The Morgan fingerprint density at radius 2 is 1.94 bits per heavy atom. The SMILES string of the molecule is Cc1cccc(N2C(=O)c3cc4occc4n3C[C@@]2(C)C(=O)NC2CCCCC2)c1C. The maximum Gasteiger partial charge on any atom is 0.276 e. The van der Waals surface area contributed by atoms with Gasteiger partial charge in [0.15, 0.2) is 5.58 Å². The average Bonchev–Trinajstić information content (AvgIpc) is 3.34. The number of anilines is 1. The zero-order valence-corrected chi connectivity index (χ0v) is 18.4. The first kappa shape index (κ1) is 19.9. The number of nitrogens with one attached hydrogen (secondary N) is 1. The van der Waals surface area contributed by atoms with E-state index in [1.165, 1.54) is 6.42 Å². The number of furan rings is 1. The number of fused-ring (bicyclic) bond motifs is 3. The molecule has 0 saturated heterocycles. The lowest BCUT2D eigenvalue weighted by molar-refractivity contribution is -0.127. The number of hydrogen-bond acceptors (Lipinski definition) is 3. The molecule has 0 unspecified atom stereocenters. The smallest absolute Gasteiger partial charge is 0.276 e. The van der Waals surface area contributed by atoms with Gasteiger partial charge < -0.3 is 14.3 Å². The van der Waals surface area contributed by atoms with Gasteiger partial charge in [-0.2, -0.15) is 0 Å². The lowest BCUT2D eigenvalue weighted by Crippen LogP contribution is -2.65. The van der Waals surface area contributed by atoms with Crippen molar-refractivity contribution in [1.82, 2.24) is 9.88 Å². The standard InChI is InChI=1S/C25H29N3O3/c1-16-8-7-11-19(17(16)2)28-23(29)21-14-22-20(12-13-31-22)27(21)15-25(28,3)24(30)26-18-9-5-4-6-10-18/h7-8,11-14,18H,4-6,9-10,15H2,1-3H3,(H,26,30)/t25-/m0/s1. The molecule has 162 valence electrons. The molecule has 31 heavy (non-hydrogen) atoms. The highest BCUT2D eigenvalue weighted by atomic mass is 16.3. The van der Waals surface area contributed by atoms with Gasteiger partial charge in [0.2, 0.25) is 5.91 Å². The van der Waals surface area contributed by atoms with Gasteiger partial charge in [-0.25, -0.2) is 0 Å². The van der Waals surface area contributed by atoms with E-state index < -0.39 is 5.54 Å². The first-order valence-corrected chi connectivity index (χ1v) is 11.2. The number of nitrogens with zero attached hydrogens (tertiary/aromatic N) is 2. The Kier molecular flexibility index (Phi) is 4.68. The topological polar surface area (TPSA) is 67.5 Å². The quantitative estimate of drug-likeness (QED) is 0.668. The summed E-state index contributed by atoms with van der Waals surface area (Å²) in [5.74, 6) is -0.266. The Labute approximate surface area is 182 Å². The summed E-state index contributed by atoms with van der Waals surface area (Å²) in [6, 6.07) is 9.74. The lowest BCUT2D eigenvalue weighted by Gasteiger charge is -2.45. The zero-order chi connectivity index (χ0) is 21.8. The summed E-state index contributed by atoms with van der Waals surface area (Å²) in [5, 5.41) is 3.28. The molecule has 1 aliphatic heterocycles. The van der Waals surface area contributed by atoms with E-state index in [1.807, 2.05) is 49.6 Å². The summed E-state index contributed by atoms with van der Waals surface area (Å²) in [7, 11) is 0. The fourth-order valence-electron chi connectivity index (χ4n) is 5.16. The van der Waals surface area contributed by atoms with E-state index in [9.17, 15) is 9.59 Å². The molecule has 2 amide bonds. The number of carbonyl (C=O) groups excluding carboxylic acids is 2. The summed E-state index contributed by atoms with van der Waals surface area (Å²) < 4.78 is 7.49. The van der Waals surface area contributed by atoms with Gasteiger partial charge in [-0.05, 0) is 50.8 Å². The van der Waals surface area contributed by atoms with E-state index in [4.69, 9.17) is 4.42 Å². The van der Waals surface area contributed by atoms with E-state index in [-0.39, 0.29) is 17.9 Å². The van der Waals surface area contributed by atoms with Crippen LogP contribution in [0.5, 0.6) is 0 Å². The van der Waals surface area contributed by atoms with Gasteiger partial charge in [0.1, 0.15) is 11.2 Å². The van der Waals surface area contributed by atoms with Crippen molar-refractivity contribution in [3.05, 3.63) is 53.4 Å². The molecule has 0 bridgehead atoms. The highest BCUT2D eigenvalue weighted by Gasteiger charge is 2.49. The fourth-order valence-corrected chi connectivity index (χ4v) is 5.16. The van der Waals surface area contributed by atoms with Crippen LogP contribution in [-0.4, -0.2) is 28.0 Å². The monoisotopic (exact) mass is 419 g/mol. The number of aromatic nitrogens is 1. The maximum absolute atomic E-state index is 13.8. The van der Waals surface area contributed by atoms with Gasteiger partial charge >= 0.3 is 0 Å². The van der Waals surface area contributed by atoms with E-state index in [0.29, 0.717) is 17.8 Å². The van der Waals surface area contributed by atoms with Crippen LogP contribution in [0.1, 0.15) is 60.6 Å². The molecule has 1 atom stereocenters. The number of amides is 2. The van der Waals surface area contributed by atoms with Crippen LogP contribution in [0.3, 0.4) is 0 Å². The number of rotatable bonds is 3. The average molecular weight is 420 g/mol. The van der Waals surface area contributed by atoms with Crippen LogP contribution in [0.15, 0.2) is 41.0 Å². The molecular formula is C25H29N3O3. The summed E-state index contributed by atoms with van der Waals surface area (Å²) in [6.07, 6.45) is 7.12. The first-order valence-electron chi connectivity index (χ1n) is 11.2. The Balaban J connectivity index is 1.63. The van der Waals surface area contributed by atoms with Gasteiger partial charge in [-0.15, -0.1) is 0 Å². The summed E-state index contributed by atoms with van der Waals surface area (Å²) >= 11 is 0. The Morgan fingerprint density at radius 3 is 2.71 bits per heavy atom. The molecule has 3 heterocycles. The van der Waals surface area contributed by atoms with Crippen molar-refractivity contribution >= 4 is 28.6 Å². The van der Waals surface area contributed by atoms with E-state index in [1.54, 1.807) is 17.2 Å². The molecule has 5 rings (SSSR count). The number of hydrogen-bond donors (Lipinski definition) is 1. The van der Waals surface area contributed by atoms with E-state index in [0.717, 1.165) is 48.0 Å². The Hall–Kier alpha value is -3.02. The summed E-state index contributed by atoms with van der Waals surface area (Å²) in [4.78, 5) is 29.3. The van der Waals surface area contributed by atoms with Gasteiger partial charge in [-0.3, -0.25) is 14.5 Å². The van der Waals surface area contributed by atoms with Crippen molar-refractivity contribution < 1.29 is 14.0 Å². The molecule has 0 spiro atoms. The minimum absolute atomic E-state index is 0.0929. The highest BCUT2D eigenvalue weighted by molar-refractivity contribution is 6.14. The second kappa shape index (κ2) is 7.29. The van der Waals surface area contributed by atoms with Crippen molar-refractivity contribution in [3.63, 3.8) is 0 Å². The largest absolute Gasteiger partial charge is 0.463 e. The molecule has 6 heteroatoms. The van der Waals surface area contributed by atoms with Crippen molar-refractivity contribution in [2.75, 3.05) is 4.90 Å². The van der Waals surface area contributed by atoms with Gasteiger partial charge in [0.25, 0.3) is 5.91 Å². The van der Waals surface area contributed by atoms with Gasteiger partial charge in [0.05, 0.1) is 18.3 Å². The predicted molar refractivity (Wildman–Crippen MR) is 120 cm³/mol. The molecule has 1 fully saturated rings. The summed E-state index contributed by atoms with van der Waals surface area (Å²) in [6.45, 7) is 6.31. The lowest BCUT2D eigenvalue weighted by atomic mass is 9.90. The molecule has 0 radical (unpaired) electrons. The van der Waals surface area contributed by atoms with Crippen LogP contribution in [0, 0.1) is 13.8 Å². The molecular weight excluding hydrogens is 390 g/mol. The molecule has 1 aliphatic carbocycles. The number of carbonyl (C=O) groups is 2. The maximum atomic E-state index is 13.8. The third kappa shape index (κ3) is 3.08. The molecule has 2 aromatic heterocycles. The molecule has 1 N–H and O–H groups in total. The van der Waals surface area contributed by atoms with Crippen LogP contribution in [0.25, 0.3) is 11.1 Å². The zero-order valence-electron chi connectivity index (χ0n) is 18.4. The third-order valence-electron chi connectivity index (χ3n) is 7.15. The van der Waals surface area contributed by atoms with Crippen LogP contribution in [0.2, 0.25) is 0 Å². The minimum Gasteiger partial charge on any atom is -0.463 e. The molecule has 6 nitrogen and oxygen atoms in total. The first-order chi connectivity index (χ1) is 14.9. The molecule has 2 aliphatic rings. The molecule has 3 aromatic rings. The Morgan fingerprint density at radius 1 is 1.16 bits per heavy atom. The summed E-state index contributed by atoms with van der Waals surface area (Å²) in [5.41, 5.74) is 3.91. The van der Waals surface area contributed by atoms with Gasteiger partial charge in [-0.1, -0.05) is 31.4 Å². The van der Waals surface area contributed by atoms with Crippen molar-refractivity contribution in [1.29, 1.82) is 0 Å². The van der Waals surface area contributed by atoms with Crippen molar-refractivity contribution in [2.45, 2.75) is 71.0 Å². The van der Waals surface area contributed by atoms with Crippen LogP contribution in [0.4, 0.5) is 5.69 Å². The van der Waals surface area contributed by atoms with Crippen molar-refractivity contribution in [2.24, 2.45) is 0 Å². The molecule has 1 saturated carbocycles. The van der Waals surface area contributed by atoms with Crippen molar-refractivity contribution in [3.8, 4) is 0 Å². The van der Waals surface area contributed by atoms with E-state index >= 15 is 0 Å². The second-order valence-electron chi connectivity index (χ2n) is 9.23. The van der Waals surface area contributed by atoms with Crippen LogP contribution < -0.4 is 10.2 Å². The van der Waals surface area contributed by atoms with Crippen LogP contribution in [-0.2, 0) is 11.3 Å². The number of benzene rings is 1. The number of aryl methyl sites for hydroxylation is 1. The van der Waals surface area contributed by atoms with E-state index in [2.05, 4.69) is 5.32 Å². The normalized spacial score (nSPS) is 22.0. The van der Waals surface area contributed by atoms with Gasteiger partial charge in [0, 0.05) is 23.9 Å². The Bertz CT molecular complexity index is 1170.